The number of rotatable bonds is 3. The maximum atomic E-state index is 12.3. The van der Waals surface area contributed by atoms with Gasteiger partial charge in [0.15, 0.2) is 0 Å². The Labute approximate surface area is 109 Å². The largest absolute Gasteiger partial charge is 0.410 e. The minimum Gasteiger partial charge on any atom is -0.251 e. The maximum absolute atomic E-state index is 12.3. The Morgan fingerprint density at radius 2 is 1.76 bits per heavy atom. The van der Waals surface area contributed by atoms with Crippen molar-refractivity contribution in [3.05, 3.63) is 29.8 Å². The van der Waals surface area contributed by atoms with Gasteiger partial charge in [0.05, 0.1) is 0 Å². The van der Waals surface area contributed by atoms with Crippen LogP contribution < -0.4 is 0 Å². The Kier molecular flexibility index (Phi) is 4.89. The fourth-order valence-corrected chi connectivity index (χ4v) is 2.75. The van der Waals surface area contributed by atoms with E-state index in [1.54, 1.807) is 0 Å². The predicted molar refractivity (Wildman–Crippen MR) is 72.9 cm³/mol. The van der Waals surface area contributed by atoms with Crippen molar-refractivity contribution < 1.29 is 9.18 Å². The van der Waals surface area contributed by atoms with E-state index in [2.05, 4.69) is 32.9 Å². The molecule has 0 aliphatic heterocycles. The molecule has 0 bridgehead atoms. The van der Waals surface area contributed by atoms with E-state index >= 15 is 0 Å². The van der Waals surface area contributed by atoms with Crippen LogP contribution in [0.1, 0.15) is 26.3 Å². The van der Waals surface area contributed by atoms with Gasteiger partial charge in [0.25, 0.3) is 0 Å². The van der Waals surface area contributed by atoms with E-state index in [4.69, 9.17) is 0 Å². The third-order valence-electron chi connectivity index (χ3n) is 2.21. The maximum Gasteiger partial charge on any atom is 0.410 e. The van der Waals surface area contributed by atoms with Gasteiger partial charge in [-0.05, 0) is 33.9 Å². The minimum absolute atomic E-state index is 0.127. The SMILES string of the molecule is CN(SSc1ccc(C(C)(C)C)cc1)C(=O)F. The van der Waals surface area contributed by atoms with E-state index in [9.17, 15) is 9.18 Å². The highest BCUT2D eigenvalue weighted by atomic mass is 33.1. The molecular formula is C12H16FNOS2. The molecule has 1 rings (SSSR count). The van der Waals surface area contributed by atoms with Gasteiger partial charge in [-0.15, -0.1) is 4.39 Å². The first-order valence-corrected chi connectivity index (χ1v) is 7.30. The lowest BCUT2D eigenvalue weighted by molar-refractivity contribution is 0.210. The van der Waals surface area contributed by atoms with Gasteiger partial charge in [-0.3, -0.25) is 4.31 Å². The molecule has 0 aliphatic rings. The molecule has 0 spiro atoms. The fraction of sp³-hybridized carbons (Fsp3) is 0.417. The van der Waals surface area contributed by atoms with Crippen LogP contribution in [0, 0.1) is 0 Å². The highest BCUT2D eigenvalue weighted by molar-refractivity contribution is 8.75. The van der Waals surface area contributed by atoms with Crippen molar-refractivity contribution in [3.63, 3.8) is 0 Å². The molecule has 0 N–H and O–H groups in total. The summed E-state index contributed by atoms with van der Waals surface area (Å²) in [7, 11) is 3.84. The third kappa shape index (κ3) is 4.60. The molecule has 0 aromatic heterocycles. The van der Waals surface area contributed by atoms with Gasteiger partial charge in [-0.1, -0.05) is 32.9 Å². The third-order valence-corrected chi connectivity index (χ3v) is 4.59. The van der Waals surface area contributed by atoms with Gasteiger partial charge in [0.2, 0.25) is 0 Å². The number of nitrogens with zero attached hydrogens (tertiary/aromatic N) is 1. The van der Waals surface area contributed by atoms with E-state index in [-0.39, 0.29) is 5.41 Å². The van der Waals surface area contributed by atoms with Crippen LogP contribution in [-0.4, -0.2) is 17.5 Å². The van der Waals surface area contributed by atoms with Crippen molar-refractivity contribution in [1.82, 2.24) is 4.31 Å². The van der Waals surface area contributed by atoms with E-state index in [1.807, 2.05) is 12.1 Å². The van der Waals surface area contributed by atoms with Crippen LogP contribution in [0.15, 0.2) is 29.2 Å². The zero-order valence-electron chi connectivity index (χ0n) is 10.4. The molecule has 5 heteroatoms. The summed E-state index contributed by atoms with van der Waals surface area (Å²) in [4.78, 5) is 11.4. The zero-order valence-corrected chi connectivity index (χ0v) is 12.0. The second-order valence-corrected chi connectivity index (χ2v) is 6.96. The summed E-state index contributed by atoms with van der Waals surface area (Å²) in [5.74, 6) is 0. The summed E-state index contributed by atoms with van der Waals surface area (Å²) < 4.78 is 13.2. The van der Waals surface area contributed by atoms with Gasteiger partial charge < -0.3 is 0 Å². The molecule has 94 valence electrons. The van der Waals surface area contributed by atoms with E-state index in [1.165, 1.54) is 23.4 Å². The van der Waals surface area contributed by atoms with Crippen molar-refractivity contribution in [1.29, 1.82) is 0 Å². The first-order valence-electron chi connectivity index (χ1n) is 5.19. The summed E-state index contributed by atoms with van der Waals surface area (Å²) in [5, 5.41) is 0. The molecule has 2 nitrogen and oxygen atoms in total. The summed E-state index contributed by atoms with van der Waals surface area (Å²) in [6.07, 6.45) is -1.44. The van der Waals surface area contributed by atoms with Crippen molar-refractivity contribution in [3.8, 4) is 0 Å². The molecule has 0 saturated carbocycles. The molecule has 0 atom stereocenters. The van der Waals surface area contributed by atoms with Gasteiger partial charge >= 0.3 is 6.16 Å². The standard InChI is InChI=1S/C12H16FNOS2/c1-12(2,3)9-5-7-10(8-6-9)16-17-14(4)11(13)15/h5-8H,1-4H3. The Balaban J connectivity index is 2.60. The van der Waals surface area contributed by atoms with E-state index < -0.39 is 6.16 Å². The van der Waals surface area contributed by atoms with Gasteiger partial charge in [-0.25, -0.2) is 4.79 Å². The number of benzene rings is 1. The number of hydrogen-bond donors (Lipinski definition) is 0. The average molecular weight is 273 g/mol. The molecule has 0 saturated heterocycles. The molecule has 0 radical (unpaired) electrons. The van der Waals surface area contributed by atoms with Gasteiger partial charge in [0.1, 0.15) is 0 Å². The molecule has 0 unspecified atom stereocenters. The second-order valence-electron chi connectivity index (χ2n) is 4.68. The monoisotopic (exact) mass is 273 g/mol. The van der Waals surface area contributed by atoms with Crippen LogP contribution in [-0.2, 0) is 5.41 Å². The summed E-state index contributed by atoms with van der Waals surface area (Å²) in [6.45, 7) is 6.46. The lowest BCUT2D eigenvalue weighted by atomic mass is 9.87. The minimum atomic E-state index is -1.44. The second kappa shape index (κ2) is 5.78. The van der Waals surface area contributed by atoms with Crippen LogP contribution in [0.25, 0.3) is 0 Å². The Hall–Kier alpha value is -0.680. The highest BCUT2D eigenvalue weighted by Crippen LogP contribution is 2.34. The van der Waals surface area contributed by atoms with Crippen molar-refractivity contribution in [2.45, 2.75) is 31.1 Å². The van der Waals surface area contributed by atoms with Gasteiger partial charge in [-0.2, -0.15) is 0 Å². The summed E-state index contributed by atoms with van der Waals surface area (Å²) in [6, 6.07) is 8.07. The van der Waals surface area contributed by atoms with Crippen LogP contribution in [0.4, 0.5) is 9.18 Å². The first kappa shape index (κ1) is 14.4. The summed E-state index contributed by atoms with van der Waals surface area (Å²) in [5.41, 5.74) is 1.38. The molecule has 1 aromatic carbocycles. The van der Waals surface area contributed by atoms with Crippen molar-refractivity contribution >= 4 is 27.9 Å². The summed E-state index contributed by atoms with van der Waals surface area (Å²) >= 11 is 0. The lowest BCUT2D eigenvalue weighted by Gasteiger charge is -2.19. The quantitative estimate of drug-likeness (QED) is 0.346. The highest BCUT2D eigenvalue weighted by Gasteiger charge is 2.13. The van der Waals surface area contributed by atoms with E-state index in [0.29, 0.717) is 0 Å². The molecule has 0 heterocycles. The zero-order chi connectivity index (χ0) is 13.1. The fourth-order valence-electron chi connectivity index (χ4n) is 1.14. The van der Waals surface area contributed by atoms with Crippen LogP contribution >= 0.6 is 21.8 Å². The Bertz CT molecular complexity index is 386. The van der Waals surface area contributed by atoms with Crippen LogP contribution in [0.2, 0.25) is 0 Å². The van der Waals surface area contributed by atoms with Crippen LogP contribution in [0.3, 0.4) is 0 Å². The molecule has 0 fully saturated rings. The predicted octanol–water partition coefficient (Wildman–Crippen LogP) is 4.66. The molecular weight excluding hydrogens is 257 g/mol. The number of carbonyl (C=O) groups is 1. The Morgan fingerprint density at radius 1 is 1.24 bits per heavy atom. The lowest BCUT2D eigenvalue weighted by Crippen LogP contribution is -2.11. The van der Waals surface area contributed by atoms with Crippen molar-refractivity contribution in [2.24, 2.45) is 0 Å². The van der Waals surface area contributed by atoms with E-state index in [0.717, 1.165) is 20.2 Å². The smallest absolute Gasteiger partial charge is 0.251 e. The Morgan fingerprint density at radius 3 is 2.18 bits per heavy atom. The first-order chi connectivity index (χ1) is 7.80. The molecule has 1 aromatic rings. The topological polar surface area (TPSA) is 20.3 Å². The molecule has 0 aliphatic carbocycles. The molecule has 17 heavy (non-hydrogen) atoms. The normalized spacial score (nSPS) is 11.4. The number of hydrogen-bond acceptors (Lipinski definition) is 3. The number of carbonyl (C=O) groups excluding carboxylic acids is 1. The molecule has 1 amide bonds. The van der Waals surface area contributed by atoms with Crippen molar-refractivity contribution in [2.75, 3.05) is 7.05 Å². The average Bonchev–Trinajstić information content (AvgIpc) is 2.25. The number of halogens is 1. The number of amides is 1. The van der Waals surface area contributed by atoms with Crippen LogP contribution in [0.5, 0.6) is 0 Å². The van der Waals surface area contributed by atoms with Gasteiger partial charge in [0, 0.05) is 22.9 Å².